The van der Waals surface area contributed by atoms with E-state index >= 15 is 0 Å². The number of amides is 2. The highest BCUT2D eigenvalue weighted by Gasteiger charge is 2.35. The first kappa shape index (κ1) is 20.7. The van der Waals surface area contributed by atoms with Crippen molar-refractivity contribution < 1.29 is 24.2 Å². The fraction of sp³-hybridized carbons (Fsp3) is 0.842. The number of nitrogens with zero attached hydrogens (tertiary/aromatic N) is 1. The average molecular weight is 368 g/mol. The summed E-state index contributed by atoms with van der Waals surface area (Å²) in [7, 11) is 0. The number of likely N-dealkylation sites (tertiary alicyclic amines) is 1. The van der Waals surface area contributed by atoms with Gasteiger partial charge in [-0.1, -0.05) is 19.3 Å². The van der Waals surface area contributed by atoms with Gasteiger partial charge in [0.05, 0.1) is 12.0 Å². The lowest BCUT2D eigenvalue weighted by atomic mass is 9.90. The number of piperidine rings is 1. The standard InChI is InChI=1S/C19H32N2O5/c1-13(26-12-15-7-4-3-5-8-15)17(20-14(2)22)18(23)21-10-6-9-16(11-21)19(24)25/h13,15-17H,3-12H2,1-2H3,(H,20,22)(H,24,25). The molecule has 2 aliphatic rings. The number of hydrogen-bond acceptors (Lipinski definition) is 4. The third-order valence-electron chi connectivity index (χ3n) is 5.50. The monoisotopic (exact) mass is 368 g/mol. The second kappa shape index (κ2) is 9.90. The van der Waals surface area contributed by atoms with Gasteiger partial charge in [-0.05, 0) is 38.5 Å². The van der Waals surface area contributed by atoms with Crippen LogP contribution in [0, 0.1) is 11.8 Å². The van der Waals surface area contributed by atoms with Crippen LogP contribution in [0.25, 0.3) is 0 Å². The number of nitrogens with one attached hydrogen (secondary N) is 1. The fourth-order valence-electron chi connectivity index (χ4n) is 3.91. The van der Waals surface area contributed by atoms with Crippen LogP contribution in [0.15, 0.2) is 0 Å². The minimum absolute atomic E-state index is 0.194. The Labute approximate surface area is 155 Å². The molecule has 7 heteroatoms. The summed E-state index contributed by atoms with van der Waals surface area (Å²) in [6, 6.07) is -0.774. The largest absolute Gasteiger partial charge is 0.481 e. The van der Waals surface area contributed by atoms with Crippen LogP contribution >= 0.6 is 0 Å². The van der Waals surface area contributed by atoms with E-state index in [0.29, 0.717) is 31.9 Å². The molecule has 2 amide bonds. The Kier molecular flexibility index (Phi) is 7.87. The molecule has 26 heavy (non-hydrogen) atoms. The second-order valence-electron chi connectivity index (χ2n) is 7.68. The number of carboxylic acid groups (broad SMARTS) is 1. The molecular weight excluding hydrogens is 336 g/mol. The number of ether oxygens (including phenoxy) is 1. The van der Waals surface area contributed by atoms with Gasteiger partial charge in [0.15, 0.2) is 0 Å². The zero-order valence-electron chi connectivity index (χ0n) is 15.9. The minimum Gasteiger partial charge on any atom is -0.481 e. The van der Waals surface area contributed by atoms with Crippen molar-refractivity contribution in [2.75, 3.05) is 19.7 Å². The molecule has 3 atom stereocenters. The molecular formula is C19H32N2O5. The maximum Gasteiger partial charge on any atom is 0.308 e. The topological polar surface area (TPSA) is 95.9 Å². The summed E-state index contributed by atoms with van der Waals surface area (Å²) in [6.07, 6.45) is 6.82. The summed E-state index contributed by atoms with van der Waals surface area (Å²) in [5, 5.41) is 11.9. The van der Waals surface area contributed by atoms with E-state index < -0.39 is 24.0 Å². The molecule has 2 N–H and O–H groups in total. The van der Waals surface area contributed by atoms with Crippen molar-refractivity contribution >= 4 is 17.8 Å². The van der Waals surface area contributed by atoms with Crippen molar-refractivity contribution in [2.45, 2.75) is 70.9 Å². The lowest BCUT2D eigenvalue weighted by Crippen LogP contribution is -2.56. The van der Waals surface area contributed by atoms with Gasteiger partial charge in [-0.2, -0.15) is 0 Å². The normalized spacial score (nSPS) is 23.9. The summed E-state index contributed by atoms with van der Waals surface area (Å²) in [5.74, 6) is -1.43. The first-order valence-electron chi connectivity index (χ1n) is 9.78. The SMILES string of the molecule is CC(=O)NC(C(=O)N1CCCC(C(=O)O)C1)C(C)OCC1CCCCC1. The Morgan fingerprint density at radius 1 is 1.15 bits per heavy atom. The second-order valence-corrected chi connectivity index (χ2v) is 7.68. The number of aliphatic carboxylic acids is 1. The van der Waals surface area contributed by atoms with Gasteiger partial charge < -0.3 is 20.1 Å². The van der Waals surface area contributed by atoms with Crippen molar-refractivity contribution in [3.63, 3.8) is 0 Å². The maximum absolute atomic E-state index is 12.9. The van der Waals surface area contributed by atoms with Crippen LogP contribution in [0.1, 0.15) is 58.8 Å². The van der Waals surface area contributed by atoms with Crippen LogP contribution in [-0.2, 0) is 19.1 Å². The molecule has 1 aliphatic heterocycles. The first-order chi connectivity index (χ1) is 12.4. The third kappa shape index (κ3) is 5.97. The Hall–Kier alpha value is -1.63. The van der Waals surface area contributed by atoms with Crippen LogP contribution in [0.4, 0.5) is 0 Å². The molecule has 7 nitrogen and oxygen atoms in total. The van der Waals surface area contributed by atoms with Crippen LogP contribution in [0.3, 0.4) is 0 Å². The average Bonchev–Trinajstić information content (AvgIpc) is 2.64. The fourth-order valence-corrected chi connectivity index (χ4v) is 3.91. The molecule has 0 radical (unpaired) electrons. The van der Waals surface area contributed by atoms with E-state index in [2.05, 4.69) is 5.32 Å². The van der Waals surface area contributed by atoms with Crippen LogP contribution in [0.2, 0.25) is 0 Å². The van der Waals surface area contributed by atoms with E-state index in [9.17, 15) is 19.5 Å². The van der Waals surface area contributed by atoms with Crippen molar-refractivity contribution in [2.24, 2.45) is 11.8 Å². The lowest BCUT2D eigenvalue weighted by Gasteiger charge is -2.35. The zero-order chi connectivity index (χ0) is 19.1. The quantitative estimate of drug-likeness (QED) is 0.714. The molecule has 0 spiro atoms. The molecule has 0 aromatic carbocycles. The number of carboxylic acids is 1. The van der Waals surface area contributed by atoms with E-state index in [1.54, 1.807) is 11.8 Å². The van der Waals surface area contributed by atoms with Crippen molar-refractivity contribution in [3.8, 4) is 0 Å². The predicted octanol–water partition coefficient (Wildman–Crippen LogP) is 1.80. The van der Waals surface area contributed by atoms with E-state index in [4.69, 9.17) is 4.74 Å². The molecule has 148 valence electrons. The summed E-state index contributed by atoms with van der Waals surface area (Å²) >= 11 is 0. The van der Waals surface area contributed by atoms with Gasteiger partial charge in [-0.3, -0.25) is 14.4 Å². The number of carbonyl (C=O) groups is 3. The van der Waals surface area contributed by atoms with E-state index in [1.807, 2.05) is 0 Å². The van der Waals surface area contributed by atoms with Gasteiger partial charge in [0.2, 0.25) is 11.8 Å². The van der Waals surface area contributed by atoms with Crippen LogP contribution in [0.5, 0.6) is 0 Å². The van der Waals surface area contributed by atoms with Crippen molar-refractivity contribution in [1.29, 1.82) is 0 Å². The molecule has 1 saturated heterocycles. The van der Waals surface area contributed by atoms with E-state index in [1.165, 1.54) is 26.2 Å². The summed E-state index contributed by atoms with van der Waals surface area (Å²) in [6.45, 7) is 4.50. The molecule has 2 rings (SSSR count). The molecule has 0 aromatic heterocycles. The van der Waals surface area contributed by atoms with Gasteiger partial charge in [-0.15, -0.1) is 0 Å². The Bertz CT molecular complexity index is 504. The van der Waals surface area contributed by atoms with Gasteiger partial charge in [-0.25, -0.2) is 0 Å². The summed E-state index contributed by atoms with van der Waals surface area (Å²) in [4.78, 5) is 37.3. The zero-order valence-corrected chi connectivity index (χ0v) is 15.9. The van der Waals surface area contributed by atoms with Crippen molar-refractivity contribution in [1.82, 2.24) is 10.2 Å². The number of carbonyl (C=O) groups excluding carboxylic acids is 2. The lowest BCUT2D eigenvalue weighted by molar-refractivity contribution is -0.148. The van der Waals surface area contributed by atoms with Crippen molar-refractivity contribution in [3.05, 3.63) is 0 Å². The third-order valence-corrected chi connectivity index (χ3v) is 5.50. The molecule has 0 aromatic rings. The summed E-state index contributed by atoms with van der Waals surface area (Å²) in [5.41, 5.74) is 0. The molecule has 2 fully saturated rings. The van der Waals surface area contributed by atoms with E-state index in [-0.39, 0.29) is 18.4 Å². The molecule has 1 saturated carbocycles. The van der Waals surface area contributed by atoms with Gasteiger partial charge in [0.25, 0.3) is 0 Å². The predicted molar refractivity (Wildman–Crippen MR) is 96.5 cm³/mol. The summed E-state index contributed by atoms with van der Waals surface area (Å²) < 4.78 is 5.95. The van der Waals surface area contributed by atoms with Gasteiger partial charge >= 0.3 is 5.97 Å². The Morgan fingerprint density at radius 2 is 1.85 bits per heavy atom. The number of hydrogen-bond donors (Lipinski definition) is 2. The highest BCUT2D eigenvalue weighted by molar-refractivity contribution is 5.88. The first-order valence-corrected chi connectivity index (χ1v) is 9.78. The Morgan fingerprint density at radius 3 is 2.46 bits per heavy atom. The van der Waals surface area contributed by atoms with E-state index in [0.717, 1.165) is 12.8 Å². The molecule has 1 heterocycles. The van der Waals surface area contributed by atoms with Gasteiger partial charge in [0.1, 0.15) is 6.04 Å². The van der Waals surface area contributed by atoms with Crippen LogP contribution < -0.4 is 5.32 Å². The molecule has 1 aliphatic carbocycles. The minimum atomic E-state index is -0.875. The van der Waals surface area contributed by atoms with Gasteiger partial charge in [0, 0.05) is 26.6 Å². The van der Waals surface area contributed by atoms with Crippen LogP contribution in [-0.4, -0.2) is 59.6 Å². The molecule has 0 bridgehead atoms. The Balaban J connectivity index is 1.96. The highest BCUT2D eigenvalue weighted by Crippen LogP contribution is 2.24. The maximum atomic E-state index is 12.9. The number of rotatable bonds is 7. The highest BCUT2D eigenvalue weighted by atomic mass is 16.5. The molecule has 3 unspecified atom stereocenters. The smallest absolute Gasteiger partial charge is 0.308 e.